The van der Waals surface area contributed by atoms with Crippen LogP contribution >= 0.6 is 11.8 Å². The Morgan fingerprint density at radius 2 is 0.971 bits per heavy atom. The summed E-state index contributed by atoms with van der Waals surface area (Å²) in [6, 6.07) is 15.3. The van der Waals surface area contributed by atoms with Crippen molar-refractivity contribution in [3.05, 3.63) is 203 Å². The van der Waals surface area contributed by atoms with Gasteiger partial charge in [0.25, 0.3) is 0 Å². The maximum Gasteiger partial charge on any atom is 0.305 e. The molecule has 19 N–H and O–H groups in total. The number of unbranched alkanes of at least 4 members (excludes halogenated alkanes) is 1. The zero-order valence-corrected chi connectivity index (χ0v) is 77.5. The van der Waals surface area contributed by atoms with Crippen LogP contribution in [0.15, 0.2) is 158 Å². The van der Waals surface area contributed by atoms with Gasteiger partial charge in [-0.25, -0.2) is 8.78 Å². The topological polar surface area (TPSA) is 567 Å². The number of thioether (sulfide) groups is 1. The van der Waals surface area contributed by atoms with Crippen LogP contribution in [0.4, 0.5) is 8.78 Å². The van der Waals surface area contributed by atoms with Crippen LogP contribution in [-0.2, 0) is 115 Å². The molecule has 15 amide bonds. The Hall–Kier alpha value is -13.9. The molecule has 0 spiro atoms. The Morgan fingerprint density at radius 1 is 0.489 bits per heavy atom. The van der Waals surface area contributed by atoms with Gasteiger partial charge in [0.15, 0.2) is 11.6 Å². The summed E-state index contributed by atoms with van der Waals surface area (Å²) in [5.41, 5.74) is 14.1. The van der Waals surface area contributed by atoms with Crippen LogP contribution in [0, 0.1) is 17.6 Å². The summed E-state index contributed by atoms with van der Waals surface area (Å²) in [6.07, 6.45) is -5.31. The molecule has 0 saturated carbocycles. The third-order valence-electron chi connectivity index (χ3n) is 24.4. The number of aliphatic carboxylic acids is 1. The molecule has 0 aliphatic carbocycles. The number of nitrogens with zero attached hydrogens (tertiary/aromatic N) is 5. The van der Waals surface area contributed by atoms with E-state index >= 15 is 47.5 Å². The van der Waals surface area contributed by atoms with E-state index in [0.29, 0.717) is 56.9 Å². The van der Waals surface area contributed by atoms with E-state index in [2.05, 4.69) is 52.8 Å². The van der Waals surface area contributed by atoms with Gasteiger partial charge in [0, 0.05) is 108 Å². The Balaban J connectivity index is 1.07. The van der Waals surface area contributed by atoms with Crippen molar-refractivity contribution >= 4 is 117 Å². The van der Waals surface area contributed by atoms with E-state index in [1.165, 1.54) is 83.5 Å². The number of phenols is 2. The molecule has 38 nitrogen and oxygen atoms in total. The number of primary amides is 1. The number of carboxylic acids is 1. The molecule has 7 aromatic rings. The summed E-state index contributed by atoms with van der Waals surface area (Å²) in [5, 5.41) is 78.5. The zero-order valence-electron chi connectivity index (χ0n) is 76.7. The summed E-state index contributed by atoms with van der Waals surface area (Å²) in [7, 11) is 3.72. The Morgan fingerprint density at radius 3 is 1.54 bits per heavy atom. The number of amides is 15. The lowest BCUT2D eigenvalue weighted by Crippen LogP contribution is -2.62. The molecule has 1 aromatic heterocycles. The predicted octanol–water partition coefficient (Wildman–Crippen LogP) is 0.304. The number of aromatic hydroxyl groups is 2. The largest absolute Gasteiger partial charge is 0.508 e. The molecular formula is C96H119F2N17O21S. The number of hydrogen-bond acceptors (Lipinski definition) is 22. The second-order valence-electron chi connectivity index (χ2n) is 34.9. The van der Waals surface area contributed by atoms with Crippen molar-refractivity contribution in [2.24, 2.45) is 17.4 Å². The van der Waals surface area contributed by atoms with Gasteiger partial charge in [0.05, 0.1) is 30.9 Å². The van der Waals surface area contributed by atoms with E-state index in [1.807, 2.05) is 0 Å². The number of rotatable bonds is 24. The number of halogens is 2. The van der Waals surface area contributed by atoms with Gasteiger partial charge in [-0.05, 0) is 108 Å². The first-order chi connectivity index (χ1) is 65.3. The molecule has 15 atom stereocenters. The highest BCUT2D eigenvalue weighted by molar-refractivity contribution is 8.00. The predicted molar refractivity (Wildman–Crippen MR) is 498 cm³/mol. The van der Waals surface area contributed by atoms with Gasteiger partial charge >= 0.3 is 5.97 Å². The number of para-hydroxylation sites is 1. The quantitative estimate of drug-likeness (QED) is 0.0387. The number of fused-ring (bicyclic) bond motifs is 3. The van der Waals surface area contributed by atoms with Crippen LogP contribution in [0.1, 0.15) is 106 Å². The average molecular weight is 1920 g/mol. The van der Waals surface area contributed by atoms with Crippen LogP contribution < -0.4 is 59.3 Å². The average Bonchev–Trinajstić information content (AvgIpc) is 1.72. The number of carboxylic acid groups (broad SMARTS) is 1. The highest BCUT2D eigenvalue weighted by Crippen LogP contribution is 2.29. The molecule has 6 aromatic carbocycles. The van der Waals surface area contributed by atoms with E-state index in [-0.39, 0.29) is 81.4 Å². The van der Waals surface area contributed by atoms with E-state index in [0.717, 1.165) is 42.7 Å². The van der Waals surface area contributed by atoms with E-state index in [4.69, 9.17) is 11.5 Å². The van der Waals surface area contributed by atoms with Crippen LogP contribution in [0.2, 0.25) is 0 Å². The van der Waals surface area contributed by atoms with Gasteiger partial charge in [-0.1, -0.05) is 143 Å². The summed E-state index contributed by atoms with van der Waals surface area (Å²) in [4.78, 5) is 247. The number of aromatic amines is 1. The van der Waals surface area contributed by atoms with Crippen molar-refractivity contribution in [2.75, 3.05) is 58.8 Å². The minimum Gasteiger partial charge on any atom is -0.508 e. The molecule has 3 aliphatic rings. The number of aromatic nitrogens is 1. The zero-order chi connectivity index (χ0) is 99.6. The summed E-state index contributed by atoms with van der Waals surface area (Å²) in [6.45, 7) is 2.88. The molecule has 4 heterocycles. The lowest BCUT2D eigenvalue weighted by atomic mass is 9.98. The maximum absolute atomic E-state index is 15.8. The first kappa shape index (κ1) is 105. The van der Waals surface area contributed by atoms with Crippen molar-refractivity contribution in [3.63, 3.8) is 0 Å². The highest BCUT2D eigenvalue weighted by atomic mass is 32.2. The number of hydrogen-bond donors (Lipinski definition) is 17. The second-order valence-corrected chi connectivity index (χ2v) is 35.9. The minimum atomic E-state index is -2.04. The van der Waals surface area contributed by atoms with E-state index in [1.54, 1.807) is 98.0 Å². The fraction of sp³-hybridized carbons (Fsp3) is 0.438. The maximum atomic E-state index is 15.8. The van der Waals surface area contributed by atoms with Crippen LogP contribution in [-0.4, -0.2) is 299 Å². The van der Waals surface area contributed by atoms with Crippen LogP contribution in [0.25, 0.3) is 10.9 Å². The smallest absolute Gasteiger partial charge is 0.305 e. The van der Waals surface area contributed by atoms with Crippen molar-refractivity contribution in [1.82, 2.24) is 77.3 Å². The van der Waals surface area contributed by atoms with Crippen molar-refractivity contribution in [2.45, 2.75) is 201 Å². The number of nitrogens with one attached hydrogen (secondary N) is 10. The fourth-order valence-electron chi connectivity index (χ4n) is 16.8. The van der Waals surface area contributed by atoms with Gasteiger partial charge < -0.3 is 114 Å². The van der Waals surface area contributed by atoms with E-state index < -0.39 is 260 Å². The summed E-state index contributed by atoms with van der Waals surface area (Å²) >= 11 is 0.691. The SMILES string of the molecule is CCCC[C@H]1C(=O)N2C[C@@H](O)C[C@@H]2C(=O)N[C@@H](CC(=O)O)C(=O)N[C@@H](C(C)C)C(=O)N(C)[C@H](Cc2ccccc2)C(=O)N[C@@H](Cc2ccc(O)cc2)C(=O)N2C[C@@H](O)C[C@@H]2C(=O)N[C@@H](Cc2c[nH]c3ccccc23)C(=O)N[C@@H](Cc2ccc(O)cc2)C(=O)N[C@@H](CCCN)C(=O)N[C@H](C(=O)NCC(N)=O)CSCC(=O)N[C@@H](Cc2ccc(F)c(F)c2)C(=O)N(C)[C@@H](Cc2ccccc2)C(=O)N1C. The lowest BCUT2D eigenvalue weighted by molar-refractivity contribution is -0.152. The first-order valence-electron chi connectivity index (χ1n) is 45.2. The minimum absolute atomic E-state index is 0.0236. The monoisotopic (exact) mass is 1920 g/mol. The van der Waals surface area contributed by atoms with Gasteiger partial charge in [0.1, 0.15) is 90.0 Å². The molecule has 3 fully saturated rings. The standard InChI is InChI=1S/C96H119F2N17O21S/c1-7-8-25-75-95(135)115-50-63(119)45-78(115)91(131)107-71(46-82(122)123)88(128)110-83(53(2)3)96(136)112(5)76(41-54-18-11-9-12-19-54)89(129)108-73(39-57-28-33-61(117)34-29-57)93(133)114-49-62(118)44-77(114)90(130)106-70(43-59-47-101-67-23-16-15-22-64(59)67)87(127)105-69(38-56-26-31-60(116)32-27-56)86(126)104-68(24-17-36-99)85(125)109-74(84(124)102-48-80(100)120)51-137-52-81(121)103-72(40-58-30-35-65(97)66(98)37-58)92(132)113(6)79(94(134)111(75)4)42-55-20-13-10-14-21-55/h9-16,18-23,26-35,37,47,53,62-63,68-79,83,101,116-119H,7-8,17,24-25,36,38-46,48-52,99H2,1-6H3,(H2,100,120)(H,102,124)(H,103,121)(H,104,126)(H,105,127)(H,106,130)(H,107,131)(H,108,129)(H,109,125)(H,110,128)(H,122,123)/t62-,63-,68-,69-,70-,71-,72-,73-,74-,75-,76+,77+,78+,79-,83-/m0/s1. The number of carbonyl (C=O) groups excluding carboxylic acids is 15. The van der Waals surface area contributed by atoms with Gasteiger partial charge in [0.2, 0.25) is 88.6 Å². The van der Waals surface area contributed by atoms with Gasteiger partial charge in [-0.15, -0.1) is 11.8 Å². The lowest BCUT2D eigenvalue weighted by Gasteiger charge is -2.38. The number of aliphatic hydroxyl groups is 2. The Kier molecular flexibility index (Phi) is 38.0. The molecule has 0 radical (unpaired) electrons. The third kappa shape index (κ3) is 29.1. The molecular weight excluding hydrogens is 1800 g/mol. The molecule has 0 unspecified atom stereocenters. The van der Waals surface area contributed by atoms with Crippen molar-refractivity contribution < 1.29 is 111 Å². The van der Waals surface area contributed by atoms with E-state index in [9.17, 15) is 63.5 Å². The highest BCUT2D eigenvalue weighted by Gasteiger charge is 2.48. The normalized spacial score (nSPS) is 24.3. The Labute approximate surface area is 793 Å². The van der Waals surface area contributed by atoms with Crippen LogP contribution in [0.3, 0.4) is 0 Å². The third-order valence-corrected chi connectivity index (χ3v) is 25.4. The van der Waals surface area contributed by atoms with Gasteiger partial charge in [-0.2, -0.15) is 0 Å². The summed E-state index contributed by atoms with van der Waals surface area (Å²) in [5.74, 6) is -22.0. The molecule has 41 heteroatoms. The fourth-order valence-corrected chi connectivity index (χ4v) is 17.7. The summed E-state index contributed by atoms with van der Waals surface area (Å²) < 4.78 is 29.9. The molecule has 3 saturated heterocycles. The second kappa shape index (κ2) is 49.5. The number of likely N-dealkylation sites (N-methyl/N-ethyl adjacent to an activating group) is 3. The molecule has 10 rings (SSSR count). The molecule has 137 heavy (non-hydrogen) atoms. The number of nitrogens with two attached hydrogens (primary N) is 2. The van der Waals surface area contributed by atoms with Crippen LogP contribution in [0.5, 0.6) is 11.5 Å². The van der Waals surface area contributed by atoms with Crippen molar-refractivity contribution in [1.29, 1.82) is 0 Å². The first-order valence-corrected chi connectivity index (χ1v) is 46.3. The number of benzene rings is 6. The Bertz CT molecular complexity index is 5470. The van der Waals surface area contributed by atoms with Crippen molar-refractivity contribution in [3.8, 4) is 11.5 Å². The molecule has 734 valence electrons. The molecule has 3 aliphatic heterocycles. The number of carbonyl (C=O) groups is 16. The number of H-pyrrole nitrogens is 1. The number of aliphatic hydroxyl groups excluding tert-OH is 2. The number of phenolic OH excluding ortho intramolecular Hbond substituents is 2. The molecule has 0 bridgehead atoms. The van der Waals surface area contributed by atoms with Gasteiger partial charge in [-0.3, -0.25) is 76.7 Å².